The lowest BCUT2D eigenvalue weighted by Crippen LogP contribution is -2.58. The zero-order valence-electron chi connectivity index (χ0n) is 39.9. The van der Waals surface area contributed by atoms with Crippen molar-refractivity contribution in [2.24, 2.45) is 11.8 Å². The number of likely N-dealkylation sites (tertiary alicyclic amines) is 2. The van der Waals surface area contributed by atoms with Crippen LogP contribution < -0.4 is 41.4 Å². The largest absolute Gasteiger partial charge is 0.492 e. The summed E-state index contributed by atoms with van der Waals surface area (Å²) in [5.41, 5.74) is 3.20. The van der Waals surface area contributed by atoms with Gasteiger partial charge in [0.15, 0.2) is 0 Å². The number of hydrogen-bond donors (Lipinski definition) is 6. The molecule has 1 unspecified atom stereocenters. The average Bonchev–Trinajstić information content (AvgIpc) is 4.08. The standard InChI is InChI=1S/C50H70N8O10/c1-29(51-3)45(59)55-41(31-15-23-65-24-16-31)49(63)57-21-7-13-39(57)47(61)53-37-19-27-67-43-33(9-5-11-35(37)43)34-10-6-12-36-38(20-28-68-44(34)36)54-48(62)40-14-8-22-58(40)50(64)42(32-17-25-66-26-18-32)56-46(60)30(2)52-4/h5-6,9-12,29-32,37-42,51-52H,7-8,13-28H2,1-4H3,(H,53,61)(H,54,62)(H,55,59)(H,56,60)/t29-,30-,37+,38+,39-,40-,41-,42?/m0/s1. The predicted octanol–water partition coefficient (Wildman–Crippen LogP) is 2.25. The fraction of sp³-hybridized carbons (Fsp3) is 0.640. The normalized spacial score (nSPS) is 24.8. The number of para-hydroxylation sites is 2. The quantitative estimate of drug-likeness (QED) is 0.152. The number of ether oxygens (including phenoxy) is 4. The fourth-order valence-electron chi connectivity index (χ4n) is 10.8. The summed E-state index contributed by atoms with van der Waals surface area (Å²) in [7, 11) is 3.40. The van der Waals surface area contributed by atoms with Gasteiger partial charge in [-0.2, -0.15) is 0 Å². The Morgan fingerprint density at radius 3 is 1.32 bits per heavy atom. The first-order valence-corrected chi connectivity index (χ1v) is 24.8. The van der Waals surface area contributed by atoms with Crippen molar-refractivity contribution in [3.63, 3.8) is 0 Å². The first kappa shape index (κ1) is 49.1. The minimum atomic E-state index is -0.761. The van der Waals surface area contributed by atoms with Crippen molar-refractivity contribution in [1.82, 2.24) is 41.7 Å². The van der Waals surface area contributed by atoms with Crippen LogP contribution in [0.5, 0.6) is 11.5 Å². The number of carbonyl (C=O) groups excluding carboxylic acids is 6. The summed E-state index contributed by atoms with van der Waals surface area (Å²) >= 11 is 0. The summed E-state index contributed by atoms with van der Waals surface area (Å²) in [5, 5.41) is 18.5. The van der Waals surface area contributed by atoms with E-state index >= 15 is 0 Å². The number of rotatable bonds is 15. The number of hydrogen-bond acceptors (Lipinski definition) is 12. The number of nitrogens with one attached hydrogen (secondary N) is 6. The molecule has 0 radical (unpaired) electrons. The summed E-state index contributed by atoms with van der Waals surface area (Å²) in [5.74, 6) is -0.433. The molecule has 4 fully saturated rings. The molecule has 0 bridgehead atoms. The second kappa shape index (κ2) is 22.4. The molecule has 18 heteroatoms. The summed E-state index contributed by atoms with van der Waals surface area (Å²) in [4.78, 5) is 86.6. The SMILES string of the molecule is CN[C@@H](C)C(=O)NC(C(=O)N1CCC[C@H]1C(=O)N[C@@H]1CCOc2c(-c3cccc4c3OCC[C@H]4NC(=O)[C@@H]3CCCN3C(=O)[C@@H](NC(=O)[C@H](C)NC)C3CCOCC3)cccc21)C1CCOCC1. The molecule has 0 aliphatic carbocycles. The Hall–Kier alpha value is -5.30. The third kappa shape index (κ3) is 10.6. The molecule has 8 rings (SSSR count). The zero-order chi connectivity index (χ0) is 47.9. The van der Waals surface area contributed by atoms with Gasteiger partial charge in [0.25, 0.3) is 0 Å². The van der Waals surface area contributed by atoms with Gasteiger partial charge >= 0.3 is 0 Å². The van der Waals surface area contributed by atoms with Gasteiger partial charge in [-0.15, -0.1) is 0 Å². The van der Waals surface area contributed by atoms with Gasteiger partial charge in [0.1, 0.15) is 35.7 Å². The van der Waals surface area contributed by atoms with Crippen LogP contribution >= 0.6 is 0 Å². The molecule has 8 atom stereocenters. The molecule has 6 heterocycles. The number of benzene rings is 2. The minimum Gasteiger partial charge on any atom is -0.492 e. The first-order valence-electron chi connectivity index (χ1n) is 24.8. The molecule has 0 spiro atoms. The van der Waals surface area contributed by atoms with Crippen molar-refractivity contribution < 1.29 is 47.7 Å². The van der Waals surface area contributed by atoms with Crippen molar-refractivity contribution >= 4 is 35.4 Å². The van der Waals surface area contributed by atoms with Gasteiger partial charge in [0, 0.05) is 74.6 Å². The molecule has 2 aromatic carbocycles. The molecule has 18 nitrogen and oxygen atoms in total. The monoisotopic (exact) mass is 943 g/mol. The van der Waals surface area contributed by atoms with Crippen molar-refractivity contribution in [3.05, 3.63) is 47.5 Å². The van der Waals surface area contributed by atoms with Crippen molar-refractivity contribution in [2.45, 2.75) is 126 Å². The lowest BCUT2D eigenvalue weighted by atomic mass is 9.90. The van der Waals surface area contributed by atoms with Crippen molar-refractivity contribution in [1.29, 1.82) is 0 Å². The highest BCUT2D eigenvalue weighted by molar-refractivity contribution is 5.95. The van der Waals surface area contributed by atoms with Crippen LogP contribution in [0.1, 0.15) is 101 Å². The van der Waals surface area contributed by atoms with Crippen LogP contribution in [0.15, 0.2) is 36.4 Å². The molecule has 6 aliphatic rings. The van der Waals surface area contributed by atoms with Gasteiger partial charge in [0.05, 0.1) is 37.4 Å². The summed E-state index contributed by atoms with van der Waals surface area (Å²) in [6.45, 7) is 7.09. The number of amides is 6. The molecule has 6 N–H and O–H groups in total. The molecule has 0 aromatic heterocycles. The van der Waals surface area contributed by atoms with Gasteiger partial charge in [0.2, 0.25) is 35.4 Å². The molecule has 2 aromatic rings. The molecule has 4 saturated heterocycles. The van der Waals surface area contributed by atoms with E-state index in [1.54, 1.807) is 37.7 Å². The summed E-state index contributed by atoms with van der Waals surface area (Å²) in [6.07, 6.45) is 5.99. The third-order valence-corrected chi connectivity index (χ3v) is 15.0. The van der Waals surface area contributed by atoms with E-state index in [4.69, 9.17) is 18.9 Å². The van der Waals surface area contributed by atoms with Gasteiger partial charge in [-0.3, -0.25) is 28.8 Å². The van der Waals surface area contributed by atoms with E-state index in [0.29, 0.717) is 128 Å². The van der Waals surface area contributed by atoms with Crippen LogP contribution in [-0.4, -0.2) is 148 Å². The Morgan fingerprint density at radius 1 is 0.544 bits per heavy atom. The predicted molar refractivity (Wildman–Crippen MR) is 251 cm³/mol. The minimum absolute atomic E-state index is 0.101. The van der Waals surface area contributed by atoms with Crippen LogP contribution in [0.3, 0.4) is 0 Å². The maximum absolute atomic E-state index is 14.3. The first-order chi connectivity index (χ1) is 33.0. The Bertz CT molecular complexity index is 2010. The van der Waals surface area contributed by atoms with Crippen molar-refractivity contribution in [3.8, 4) is 22.6 Å². The zero-order valence-corrected chi connectivity index (χ0v) is 39.9. The highest BCUT2D eigenvalue weighted by Gasteiger charge is 2.44. The molecule has 6 amide bonds. The maximum Gasteiger partial charge on any atom is 0.246 e. The summed E-state index contributed by atoms with van der Waals surface area (Å²) in [6, 6.07) is 7.07. The van der Waals surface area contributed by atoms with Crippen LogP contribution in [0.4, 0.5) is 0 Å². The second-order valence-corrected chi connectivity index (χ2v) is 19.1. The molecular weight excluding hydrogens is 873 g/mol. The van der Waals surface area contributed by atoms with Crippen LogP contribution in [-0.2, 0) is 38.2 Å². The Morgan fingerprint density at radius 2 is 0.941 bits per heavy atom. The number of nitrogens with zero attached hydrogens (tertiary/aromatic N) is 2. The smallest absolute Gasteiger partial charge is 0.246 e. The number of fused-ring (bicyclic) bond motifs is 2. The van der Waals surface area contributed by atoms with Crippen LogP contribution in [0.25, 0.3) is 11.1 Å². The van der Waals surface area contributed by atoms with Gasteiger partial charge in [-0.25, -0.2) is 0 Å². The lowest BCUT2D eigenvalue weighted by molar-refractivity contribution is -0.144. The molecule has 6 aliphatic heterocycles. The fourth-order valence-corrected chi connectivity index (χ4v) is 10.8. The Balaban J connectivity index is 0.970. The highest BCUT2D eigenvalue weighted by Crippen LogP contribution is 2.47. The third-order valence-electron chi connectivity index (χ3n) is 15.0. The molecule has 370 valence electrons. The maximum atomic E-state index is 14.3. The van der Waals surface area contributed by atoms with E-state index < -0.39 is 36.3 Å². The van der Waals surface area contributed by atoms with Crippen LogP contribution in [0, 0.1) is 11.8 Å². The molecule has 0 saturated carbocycles. The van der Waals surface area contributed by atoms with E-state index in [-0.39, 0.29) is 59.4 Å². The number of carbonyl (C=O) groups is 6. The average molecular weight is 943 g/mol. The molecular formula is C50H70N8O10. The Kier molecular flexibility index (Phi) is 16.2. The van der Waals surface area contributed by atoms with E-state index in [9.17, 15) is 28.8 Å². The number of likely N-dealkylation sites (N-methyl/N-ethyl adjacent to an activating group) is 2. The van der Waals surface area contributed by atoms with Crippen molar-refractivity contribution in [2.75, 3.05) is 66.8 Å². The van der Waals surface area contributed by atoms with Gasteiger partial charge in [-0.1, -0.05) is 36.4 Å². The van der Waals surface area contributed by atoms with Gasteiger partial charge < -0.3 is 60.6 Å². The highest BCUT2D eigenvalue weighted by atomic mass is 16.5. The lowest BCUT2D eigenvalue weighted by Gasteiger charge is -2.36. The summed E-state index contributed by atoms with van der Waals surface area (Å²) < 4.78 is 23.9. The van der Waals surface area contributed by atoms with E-state index in [1.165, 1.54) is 0 Å². The van der Waals surface area contributed by atoms with E-state index in [2.05, 4.69) is 31.9 Å². The molecule has 68 heavy (non-hydrogen) atoms. The van der Waals surface area contributed by atoms with Gasteiger partial charge in [-0.05, 0) is 91.1 Å². The van der Waals surface area contributed by atoms with E-state index in [0.717, 1.165) is 22.3 Å². The topological polar surface area (TPSA) is 218 Å². The van der Waals surface area contributed by atoms with Crippen LogP contribution in [0.2, 0.25) is 0 Å². The van der Waals surface area contributed by atoms with E-state index in [1.807, 2.05) is 36.4 Å². The Labute approximate surface area is 399 Å². The second-order valence-electron chi connectivity index (χ2n) is 19.1.